The van der Waals surface area contributed by atoms with Crippen LogP contribution in [0.4, 0.5) is 0 Å². The van der Waals surface area contributed by atoms with E-state index in [0.717, 1.165) is 5.56 Å². The highest BCUT2D eigenvalue weighted by atomic mass is 16.3. The summed E-state index contributed by atoms with van der Waals surface area (Å²) in [5, 5.41) is 32.9. The van der Waals surface area contributed by atoms with Gasteiger partial charge in [0.05, 0.1) is 11.7 Å². The zero-order chi connectivity index (χ0) is 15.2. The second kappa shape index (κ2) is 7.62. The van der Waals surface area contributed by atoms with E-state index in [0.29, 0.717) is 25.8 Å². The van der Waals surface area contributed by atoms with Crippen molar-refractivity contribution >= 4 is 0 Å². The molecule has 0 aliphatic heterocycles. The summed E-state index contributed by atoms with van der Waals surface area (Å²) < 4.78 is 0. The van der Waals surface area contributed by atoms with Gasteiger partial charge in [-0.1, -0.05) is 19.1 Å². The molecule has 0 spiro atoms. The van der Waals surface area contributed by atoms with E-state index in [2.05, 4.69) is 5.32 Å². The fourth-order valence-electron chi connectivity index (χ4n) is 2.44. The lowest BCUT2D eigenvalue weighted by Gasteiger charge is -2.34. The van der Waals surface area contributed by atoms with Crippen LogP contribution in [-0.4, -0.2) is 40.6 Å². The average Bonchev–Trinajstić information content (AvgIpc) is 2.43. The monoisotopic (exact) mass is 281 g/mol. The smallest absolute Gasteiger partial charge is 0.115 e. The number of phenolic OH excluding ortho intramolecular Hbond substituents is 1. The maximum atomic E-state index is 10.8. The highest BCUT2D eigenvalue weighted by Gasteiger charge is 2.32. The third kappa shape index (κ3) is 4.78. The summed E-state index contributed by atoms with van der Waals surface area (Å²) in [5.74, 6) is 0.134. The molecule has 4 nitrogen and oxygen atoms in total. The Labute approximate surface area is 121 Å². The molecular formula is C16H27NO3. The number of aliphatic hydroxyl groups excluding tert-OH is 1. The quantitative estimate of drug-likeness (QED) is 0.588. The first kappa shape index (κ1) is 17.0. The van der Waals surface area contributed by atoms with Crippen molar-refractivity contribution in [3.63, 3.8) is 0 Å². The summed E-state index contributed by atoms with van der Waals surface area (Å²) >= 11 is 0. The SMILES string of the molecule is CCC(O)CCC(C)(O)C(CNC)c1ccc(O)cc1. The first-order valence-corrected chi connectivity index (χ1v) is 7.24. The minimum absolute atomic E-state index is 0.0860. The summed E-state index contributed by atoms with van der Waals surface area (Å²) in [5.41, 5.74) is 0.0731. The van der Waals surface area contributed by atoms with Crippen LogP contribution in [0.2, 0.25) is 0 Å². The van der Waals surface area contributed by atoms with E-state index >= 15 is 0 Å². The van der Waals surface area contributed by atoms with Crippen molar-refractivity contribution in [1.82, 2.24) is 5.32 Å². The van der Waals surface area contributed by atoms with Gasteiger partial charge in [0.1, 0.15) is 5.75 Å². The van der Waals surface area contributed by atoms with E-state index in [9.17, 15) is 15.3 Å². The topological polar surface area (TPSA) is 72.7 Å². The molecule has 0 amide bonds. The summed E-state index contributed by atoms with van der Waals surface area (Å²) in [4.78, 5) is 0. The zero-order valence-corrected chi connectivity index (χ0v) is 12.6. The Morgan fingerprint density at radius 2 is 1.85 bits per heavy atom. The molecule has 0 saturated heterocycles. The second-order valence-corrected chi connectivity index (χ2v) is 5.66. The lowest BCUT2D eigenvalue weighted by molar-refractivity contribution is 0.00731. The predicted octanol–water partition coefficient (Wildman–Crippen LogP) is 2.00. The molecule has 114 valence electrons. The fraction of sp³-hybridized carbons (Fsp3) is 0.625. The van der Waals surface area contributed by atoms with Gasteiger partial charge in [0.25, 0.3) is 0 Å². The highest BCUT2D eigenvalue weighted by molar-refractivity contribution is 5.30. The summed E-state index contributed by atoms with van der Waals surface area (Å²) in [6.45, 7) is 4.38. The minimum Gasteiger partial charge on any atom is -0.508 e. The number of hydrogen-bond acceptors (Lipinski definition) is 4. The minimum atomic E-state index is -0.907. The molecule has 4 N–H and O–H groups in total. The van der Waals surface area contributed by atoms with Crippen molar-refractivity contribution in [2.45, 2.75) is 50.7 Å². The normalized spacial score (nSPS) is 17.4. The maximum absolute atomic E-state index is 10.8. The third-order valence-corrected chi connectivity index (χ3v) is 3.91. The number of nitrogens with one attached hydrogen (secondary N) is 1. The molecule has 0 aromatic heterocycles. The molecule has 0 heterocycles. The third-order valence-electron chi connectivity index (χ3n) is 3.91. The lowest BCUT2D eigenvalue weighted by atomic mass is 9.79. The molecule has 0 fully saturated rings. The lowest BCUT2D eigenvalue weighted by Crippen LogP contribution is -2.39. The number of aliphatic hydroxyl groups is 2. The van der Waals surface area contributed by atoms with Gasteiger partial charge in [0.2, 0.25) is 0 Å². The van der Waals surface area contributed by atoms with E-state index in [-0.39, 0.29) is 17.8 Å². The van der Waals surface area contributed by atoms with Gasteiger partial charge in [0.15, 0.2) is 0 Å². The van der Waals surface area contributed by atoms with E-state index in [1.54, 1.807) is 12.1 Å². The van der Waals surface area contributed by atoms with Crippen LogP contribution in [0.3, 0.4) is 0 Å². The van der Waals surface area contributed by atoms with Gasteiger partial charge in [0, 0.05) is 12.5 Å². The number of phenols is 1. The Hall–Kier alpha value is -1.10. The molecule has 3 atom stereocenters. The average molecular weight is 281 g/mol. The Morgan fingerprint density at radius 3 is 2.35 bits per heavy atom. The molecular weight excluding hydrogens is 254 g/mol. The number of hydrogen-bond donors (Lipinski definition) is 4. The molecule has 1 rings (SSSR count). The van der Waals surface area contributed by atoms with Crippen molar-refractivity contribution in [3.8, 4) is 5.75 Å². The van der Waals surface area contributed by atoms with Crippen LogP contribution >= 0.6 is 0 Å². The zero-order valence-electron chi connectivity index (χ0n) is 12.6. The van der Waals surface area contributed by atoms with E-state index in [1.165, 1.54) is 0 Å². The van der Waals surface area contributed by atoms with Gasteiger partial charge in [-0.05, 0) is 50.9 Å². The van der Waals surface area contributed by atoms with Crippen molar-refractivity contribution in [1.29, 1.82) is 0 Å². The molecule has 4 heteroatoms. The number of likely N-dealkylation sites (N-methyl/N-ethyl adjacent to an activating group) is 1. The Kier molecular flexibility index (Phi) is 6.46. The summed E-state index contributed by atoms with van der Waals surface area (Å²) in [7, 11) is 1.85. The highest BCUT2D eigenvalue weighted by Crippen LogP contribution is 2.33. The van der Waals surface area contributed by atoms with Crippen LogP contribution in [-0.2, 0) is 0 Å². The van der Waals surface area contributed by atoms with Crippen LogP contribution in [0.5, 0.6) is 5.75 Å². The van der Waals surface area contributed by atoms with Gasteiger partial charge in [-0.25, -0.2) is 0 Å². The van der Waals surface area contributed by atoms with Crippen molar-refractivity contribution in [3.05, 3.63) is 29.8 Å². The molecule has 0 aliphatic carbocycles. The maximum Gasteiger partial charge on any atom is 0.115 e. The molecule has 3 unspecified atom stereocenters. The van der Waals surface area contributed by atoms with Crippen LogP contribution in [0.1, 0.15) is 44.6 Å². The number of benzene rings is 1. The summed E-state index contributed by atoms with van der Waals surface area (Å²) in [6.07, 6.45) is 1.46. The second-order valence-electron chi connectivity index (χ2n) is 5.66. The number of rotatable bonds is 8. The molecule has 0 bridgehead atoms. The van der Waals surface area contributed by atoms with Gasteiger partial charge in [-0.2, -0.15) is 0 Å². The van der Waals surface area contributed by atoms with Crippen LogP contribution < -0.4 is 5.32 Å². The largest absolute Gasteiger partial charge is 0.508 e. The Balaban J connectivity index is 2.85. The first-order valence-electron chi connectivity index (χ1n) is 7.24. The predicted molar refractivity (Wildman–Crippen MR) is 80.9 cm³/mol. The molecule has 0 aliphatic rings. The Bertz CT molecular complexity index is 389. The van der Waals surface area contributed by atoms with E-state index in [4.69, 9.17) is 0 Å². The first-order chi connectivity index (χ1) is 9.40. The standard InChI is InChI=1S/C16H27NO3/c1-4-13(18)9-10-16(2,20)15(11-17-3)12-5-7-14(19)8-6-12/h5-8,13,15,17-20H,4,9-11H2,1-3H3. The van der Waals surface area contributed by atoms with Crippen LogP contribution in [0, 0.1) is 0 Å². The number of aromatic hydroxyl groups is 1. The molecule has 20 heavy (non-hydrogen) atoms. The fourth-order valence-corrected chi connectivity index (χ4v) is 2.44. The van der Waals surface area contributed by atoms with Gasteiger partial charge >= 0.3 is 0 Å². The van der Waals surface area contributed by atoms with Crippen molar-refractivity contribution in [2.75, 3.05) is 13.6 Å². The van der Waals surface area contributed by atoms with E-state index < -0.39 is 5.60 Å². The van der Waals surface area contributed by atoms with Crippen molar-refractivity contribution in [2.24, 2.45) is 0 Å². The summed E-state index contributed by atoms with van der Waals surface area (Å²) in [6, 6.07) is 6.94. The van der Waals surface area contributed by atoms with Crippen LogP contribution in [0.15, 0.2) is 24.3 Å². The Morgan fingerprint density at radius 1 is 1.25 bits per heavy atom. The molecule has 1 aromatic carbocycles. The van der Waals surface area contributed by atoms with Gasteiger partial charge < -0.3 is 20.6 Å². The van der Waals surface area contributed by atoms with E-state index in [1.807, 2.05) is 33.0 Å². The van der Waals surface area contributed by atoms with Gasteiger partial charge in [-0.3, -0.25) is 0 Å². The van der Waals surface area contributed by atoms with Gasteiger partial charge in [-0.15, -0.1) is 0 Å². The molecule has 0 saturated carbocycles. The molecule has 1 aromatic rings. The molecule has 0 radical (unpaired) electrons. The van der Waals surface area contributed by atoms with Crippen LogP contribution in [0.25, 0.3) is 0 Å². The van der Waals surface area contributed by atoms with Crippen molar-refractivity contribution < 1.29 is 15.3 Å².